The van der Waals surface area contributed by atoms with Gasteiger partial charge in [0.1, 0.15) is 5.75 Å². The highest BCUT2D eigenvalue weighted by molar-refractivity contribution is 7.89. The lowest BCUT2D eigenvalue weighted by atomic mass is 10.2. The number of sulfonamides is 1. The second-order valence-electron chi connectivity index (χ2n) is 6.27. The molecule has 1 rings (SSSR count). The van der Waals surface area contributed by atoms with Crippen molar-refractivity contribution in [3.05, 3.63) is 18.2 Å². The summed E-state index contributed by atoms with van der Waals surface area (Å²) >= 11 is 0. The Morgan fingerprint density at radius 3 is 2.20 bits per heavy atom. The average molecular weight is 316 g/mol. The van der Waals surface area contributed by atoms with Crippen LogP contribution in [0.15, 0.2) is 23.1 Å². The number of hydrogen-bond donors (Lipinski definition) is 2. The first-order valence-electron chi connectivity index (χ1n) is 6.43. The van der Waals surface area contributed by atoms with Crippen molar-refractivity contribution in [1.82, 2.24) is 4.72 Å². The summed E-state index contributed by atoms with van der Waals surface area (Å²) in [6.07, 6.45) is 0. The van der Waals surface area contributed by atoms with Crippen LogP contribution in [-0.4, -0.2) is 23.8 Å². The molecule has 7 heteroatoms. The molecule has 0 atom stereocenters. The third-order valence-electron chi connectivity index (χ3n) is 3.73. The predicted molar refractivity (Wildman–Crippen MR) is 84.9 cm³/mol. The zero-order valence-electron chi connectivity index (χ0n) is 12.9. The molecule has 3 N–H and O–H groups in total. The summed E-state index contributed by atoms with van der Waals surface area (Å²) in [5.74, 6) is 0.548. The van der Waals surface area contributed by atoms with Gasteiger partial charge in [-0.3, -0.25) is 0 Å². The van der Waals surface area contributed by atoms with Crippen LogP contribution in [0.1, 0.15) is 20.8 Å². The normalized spacial score (nSPS) is 13.3. The van der Waals surface area contributed by atoms with Crippen molar-refractivity contribution in [2.45, 2.75) is 43.8 Å². The van der Waals surface area contributed by atoms with Crippen LogP contribution < -0.4 is 14.9 Å². The van der Waals surface area contributed by atoms with Crippen LogP contribution in [-0.2, 0) is 10.0 Å². The molecule has 20 heavy (non-hydrogen) atoms. The van der Waals surface area contributed by atoms with Crippen molar-refractivity contribution < 1.29 is 12.8 Å². The number of nitrogen functional groups attached to an aromatic ring is 1. The molecule has 0 fully saturated rings. The number of hydrogen-bond acceptors (Lipinski definition) is 4. The highest BCUT2D eigenvalue weighted by Crippen LogP contribution is 2.39. The largest absolute Gasteiger partial charge is 0.542 e. The van der Waals surface area contributed by atoms with Crippen molar-refractivity contribution in [2.24, 2.45) is 0 Å². The first-order valence-corrected chi connectivity index (χ1v) is 10.8. The minimum atomic E-state index is -3.48. The topological polar surface area (TPSA) is 81.4 Å². The Labute approximate surface area is 122 Å². The Kier molecular flexibility index (Phi) is 4.57. The number of anilines is 1. The molecule has 0 amide bonds. The minimum Gasteiger partial charge on any atom is -0.542 e. The second kappa shape index (κ2) is 5.38. The van der Waals surface area contributed by atoms with Crippen LogP contribution in [0.4, 0.5) is 5.69 Å². The lowest BCUT2D eigenvalue weighted by Gasteiger charge is -2.36. The molecule has 0 saturated heterocycles. The number of nitrogens with two attached hydrogens (primary N) is 1. The van der Waals surface area contributed by atoms with Gasteiger partial charge in [0.15, 0.2) is 0 Å². The second-order valence-corrected chi connectivity index (χ2v) is 12.9. The highest BCUT2D eigenvalue weighted by atomic mass is 32.2. The van der Waals surface area contributed by atoms with Crippen LogP contribution in [0.3, 0.4) is 0 Å². The maximum atomic E-state index is 11.7. The molecule has 0 aliphatic carbocycles. The summed E-state index contributed by atoms with van der Waals surface area (Å²) in [5, 5.41) is 0.0508. The molecule has 0 aromatic heterocycles. The van der Waals surface area contributed by atoms with Crippen molar-refractivity contribution in [1.29, 1.82) is 0 Å². The molecular formula is C13H24N2O3SSi. The van der Waals surface area contributed by atoms with E-state index in [2.05, 4.69) is 38.6 Å². The fourth-order valence-electron chi connectivity index (χ4n) is 1.33. The third kappa shape index (κ3) is 3.53. The lowest BCUT2D eigenvalue weighted by molar-refractivity contribution is 0.493. The first-order chi connectivity index (χ1) is 8.90. The van der Waals surface area contributed by atoms with E-state index in [9.17, 15) is 8.42 Å². The van der Waals surface area contributed by atoms with Gasteiger partial charge < -0.3 is 10.2 Å². The van der Waals surface area contributed by atoms with Crippen LogP contribution in [0.25, 0.3) is 0 Å². The van der Waals surface area contributed by atoms with Gasteiger partial charge in [-0.2, -0.15) is 0 Å². The van der Waals surface area contributed by atoms with Crippen molar-refractivity contribution in [2.75, 3.05) is 12.8 Å². The van der Waals surface area contributed by atoms with Gasteiger partial charge >= 0.3 is 0 Å². The zero-order valence-corrected chi connectivity index (χ0v) is 14.8. The molecule has 0 spiro atoms. The quantitative estimate of drug-likeness (QED) is 0.661. The highest BCUT2D eigenvalue weighted by Gasteiger charge is 2.39. The van der Waals surface area contributed by atoms with E-state index in [-0.39, 0.29) is 9.93 Å². The standard InChI is InChI=1S/C13H24N2O3SSi/c1-13(2,3)20(5,6)18-12-8-7-10(9-11(12)14)19(16,17)15-4/h7-9,15H,14H2,1-6H3. The van der Waals surface area contributed by atoms with E-state index in [0.29, 0.717) is 11.4 Å². The Bertz CT molecular complexity index is 592. The SMILES string of the molecule is CNS(=O)(=O)c1ccc(O[Si](C)(C)C(C)(C)C)c(N)c1. The molecule has 0 radical (unpaired) electrons. The molecule has 5 nitrogen and oxygen atoms in total. The van der Waals surface area contributed by atoms with Crippen LogP contribution in [0, 0.1) is 0 Å². The Balaban J connectivity index is 3.13. The van der Waals surface area contributed by atoms with Crippen molar-refractivity contribution in [3.63, 3.8) is 0 Å². The molecule has 114 valence electrons. The predicted octanol–water partition coefficient (Wildman–Crippen LogP) is 2.56. The molecular weight excluding hydrogens is 292 g/mol. The van der Waals surface area contributed by atoms with Crippen molar-refractivity contribution >= 4 is 24.0 Å². The van der Waals surface area contributed by atoms with E-state index < -0.39 is 18.3 Å². The molecule has 0 aliphatic heterocycles. The maximum Gasteiger partial charge on any atom is 0.250 e. The Hall–Kier alpha value is -1.05. The van der Waals surface area contributed by atoms with E-state index in [4.69, 9.17) is 10.2 Å². The average Bonchev–Trinajstić information content (AvgIpc) is 2.30. The van der Waals surface area contributed by atoms with E-state index >= 15 is 0 Å². The molecule has 1 aromatic carbocycles. The van der Waals surface area contributed by atoms with Crippen LogP contribution >= 0.6 is 0 Å². The summed E-state index contributed by atoms with van der Waals surface area (Å²) in [7, 11) is -4.11. The molecule has 0 unspecified atom stereocenters. The minimum absolute atomic E-state index is 0.0508. The molecule has 0 saturated carbocycles. The summed E-state index contributed by atoms with van der Waals surface area (Å²) in [5.41, 5.74) is 6.27. The Morgan fingerprint density at radius 1 is 1.25 bits per heavy atom. The van der Waals surface area contributed by atoms with Gasteiger partial charge in [0.25, 0.3) is 8.32 Å². The summed E-state index contributed by atoms with van der Waals surface area (Å²) in [6.45, 7) is 10.6. The van der Waals surface area contributed by atoms with E-state index in [1.165, 1.54) is 19.2 Å². The first kappa shape index (κ1) is 17.0. The maximum absolute atomic E-state index is 11.7. The molecule has 1 aromatic rings. The number of benzene rings is 1. The monoisotopic (exact) mass is 316 g/mol. The lowest BCUT2D eigenvalue weighted by Crippen LogP contribution is -2.44. The molecule has 0 heterocycles. The third-order valence-corrected chi connectivity index (χ3v) is 9.49. The molecule has 0 aliphatic rings. The Morgan fingerprint density at radius 2 is 1.80 bits per heavy atom. The van der Waals surface area contributed by atoms with Crippen LogP contribution in [0.2, 0.25) is 18.1 Å². The summed E-state index contributed by atoms with van der Waals surface area (Å²) in [6, 6.07) is 4.55. The summed E-state index contributed by atoms with van der Waals surface area (Å²) < 4.78 is 31.8. The number of rotatable bonds is 4. The van der Waals surface area contributed by atoms with Gasteiger partial charge in [-0.15, -0.1) is 0 Å². The van der Waals surface area contributed by atoms with Crippen molar-refractivity contribution in [3.8, 4) is 5.75 Å². The smallest absolute Gasteiger partial charge is 0.250 e. The number of nitrogens with one attached hydrogen (secondary N) is 1. The van der Waals surface area contributed by atoms with E-state index in [1.807, 2.05) is 0 Å². The van der Waals surface area contributed by atoms with Gasteiger partial charge in [0.2, 0.25) is 10.0 Å². The summed E-state index contributed by atoms with van der Waals surface area (Å²) in [4.78, 5) is 0.139. The zero-order chi connectivity index (χ0) is 15.8. The van der Waals surface area contributed by atoms with Gasteiger partial charge in [-0.25, -0.2) is 13.1 Å². The van der Waals surface area contributed by atoms with E-state index in [0.717, 1.165) is 0 Å². The van der Waals surface area contributed by atoms with Gasteiger partial charge in [0.05, 0.1) is 10.6 Å². The fraction of sp³-hybridized carbons (Fsp3) is 0.538. The van der Waals surface area contributed by atoms with E-state index in [1.54, 1.807) is 6.07 Å². The van der Waals surface area contributed by atoms with Gasteiger partial charge in [-0.05, 0) is 43.4 Å². The fourth-order valence-corrected chi connectivity index (χ4v) is 3.14. The van der Waals surface area contributed by atoms with Gasteiger partial charge in [0, 0.05) is 0 Å². The van der Waals surface area contributed by atoms with Crippen LogP contribution in [0.5, 0.6) is 5.75 Å². The van der Waals surface area contributed by atoms with Gasteiger partial charge in [-0.1, -0.05) is 20.8 Å². The molecule has 0 bridgehead atoms.